The number of hydrogen-bond donors (Lipinski definition) is 2. The van der Waals surface area contributed by atoms with Crippen molar-refractivity contribution < 1.29 is 13.5 Å². The lowest BCUT2D eigenvalue weighted by atomic mass is 10.1. The van der Waals surface area contributed by atoms with Crippen LogP contribution in [0.4, 0.5) is 14.7 Å². The Morgan fingerprint density at radius 2 is 1.92 bits per heavy atom. The maximum absolute atomic E-state index is 15.1. The summed E-state index contributed by atoms with van der Waals surface area (Å²) in [5.74, 6) is -0.102. The highest BCUT2D eigenvalue weighted by Crippen LogP contribution is 2.35. The van der Waals surface area contributed by atoms with E-state index in [9.17, 15) is 4.39 Å². The lowest BCUT2D eigenvalue weighted by molar-refractivity contribution is -0.0294. The van der Waals surface area contributed by atoms with Crippen molar-refractivity contribution in [3.05, 3.63) is 89.8 Å². The molecule has 1 atom stereocenters. The van der Waals surface area contributed by atoms with E-state index in [0.29, 0.717) is 34.9 Å². The molecule has 1 aliphatic rings. The van der Waals surface area contributed by atoms with E-state index in [4.69, 9.17) is 9.72 Å². The quantitative estimate of drug-likeness (QED) is 0.264. The predicted octanol–water partition coefficient (Wildman–Crippen LogP) is 6.99. The number of rotatable bonds is 6. The number of hydrogen-bond acceptors (Lipinski definition) is 4. The van der Waals surface area contributed by atoms with Crippen molar-refractivity contribution in [2.24, 2.45) is 0 Å². The first-order valence-electron chi connectivity index (χ1n) is 12.5. The number of pyridine rings is 1. The van der Waals surface area contributed by atoms with Gasteiger partial charge in [0.25, 0.3) is 0 Å². The first-order valence-corrected chi connectivity index (χ1v) is 12.5. The average molecular weight is 500 g/mol. The fourth-order valence-corrected chi connectivity index (χ4v) is 4.90. The summed E-state index contributed by atoms with van der Waals surface area (Å²) in [5.41, 5.74) is 5.00. The van der Waals surface area contributed by atoms with E-state index in [1.54, 1.807) is 18.2 Å². The summed E-state index contributed by atoms with van der Waals surface area (Å²) in [7, 11) is 0. The second kappa shape index (κ2) is 9.78. The molecule has 0 bridgehead atoms. The lowest BCUT2D eigenvalue weighted by Crippen LogP contribution is -2.17. The number of H-pyrrole nitrogens is 1. The van der Waals surface area contributed by atoms with Gasteiger partial charge in [0.15, 0.2) is 0 Å². The number of anilines is 1. The molecule has 0 saturated carbocycles. The second-order valence-corrected chi connectivity index (χ2v) is 9.36. The van der Waals surface area contributed by atoms with Gasteiger partial charge in [0.1, 0.15) is 17.9 Å². The summed E-state index contributed by atoms with van der Waals surface area (Å²) >= 11 is 0. The van der Waals surface area contributed by atoms with Crippen LogP contribution in [0.15, 0.2) is 66.9 Å². The Hall–Kier alpha value is -4.04. The van der Waals surface area contributed by atoms with Crippen molar-refractivity contribution >= 4 is 16.9 Å². The van der Waals surface area contributed by atoms with E-state index >= 15 is 4.39 Å². The molecule has 1 aliphatic heterocycles. The molecule has 2 N–H and O–H groups in total. The van der Waals surface area contributed by atoms with Crippen LogP contribution in [0.25, 0.3) is 33.5 Å². The molecule has 1 saturated heterocycles. The molecular weight excluding hydrogens is 472 g/mol. The molecule has 37 heavy (non-hydrogen) atoms. The topological polar surface area (TPSA) is 67.8 Å². The minimum absolute atomic E-state index is 0.154. The van der Waals surface area contributed by atoms with Crippen LogP contribution >= 0.6 is 0 Å². The molecule has 5 aromatic rings. The fraction of sp³-hybridized carbons (Fsp3) is 0.241. The maximum Gasteiger partial charge on any atom is 0.201 e. The number of benzene rings is 2. The molecule has 6 nitrogen and oxygen atoms in total. The smallest absolute Gasteiger partial charge is 0.201 e. The summed E-state index contributed by atoms with van der Waals surface area (Å²) in [5, 5.41) is 3.70. The molecule has 0 radical (unpaired) electrons. The molecule has 0 aliphatic carbocycles. The van der Waals surface area contributed by atoms with Crippen LogP contribution in [-0.2, 0) is 11.3 Å². The summed E-state index contributed by atoms with van der Waals surface area (Å²) < 4.78 is 37.1. The molecule has 188 valence electrons. The molecular formula is C29H27F2N5O. The van der Waals surface area contributed by atoms with E-state index in [0.717, 1.165) is 41.7 Å². The molecule has 0 amide bonds. The summed E-state index contributed by atoms with van der Waals surface area (Å²) in [6.07, 6.45) is 4.33. The highest BCUT2D eigenvalue weighted by Gasteiger charge is 2.22. The number of aromatic amines is 1. The van der Waals surface area contributed by atoms with Crippen molar-refractivity contribution in [2.75, 3.05) is 11.9 Å². The van der Waals surface area contributed by atoms with Crippen LogP contribution in [0.1, 0.15) is 36.7 Å². The van der Waals surface area contributed by atoms with E-state index in [1.165, 1.54) is 12.3 Å². The van der Waals surface area contributed by atoms with Gasteiger partial charge in [-0.3, -0.25) is 4.98 Å². The molecule has 4 heterocycles. The number of nitrogens with zero attached hydrogens (tertiary/aromatic N) is 3. The monoisotopic (exact) mass is 499 g/mol. The molecule has 3 aromatic heterocycles. The van der Waals surface area contributed by atoms with Crippen molar-refractivity contribution in [3.8, 4) is 22.6 Å². The Kier molecular flexibility index (Phi) is 6.18. The normalized spacial score (nSPS) is 15.8. The minimum Gasteiger partial charge on any atom is -0.358 e. The highest BCUT2D eigenvalue weighted by atomic mass is 19.1. The van der Waals surface area contributed by atoms with Gasteiger partial charge in [-0.1, -0.05) is 30.3 Å². The molecule has 8 heteroatoms. The Labute approximate surface area is 213 Å². The minimum atomic E-state index is -0.297. The van der Waals surface area contributed by atoms with Crippen LogP contribution in [0.5, 0.6) is 0 Å². The standard InChI is InChI=1S/C29H27F2N5O/c1-18-7-6-10-24(33-18)28-27(34-29(35-28)32-16-20-8-2-3-9-22(20)30)19-12-13-25-21(15-19)23(31)17-36(25)26-11-4-5-14-37-26/h2-3,6-10,12-13,15,17,26H,4-5,11,14,16H2,1H3,(H2,32,34,35). The van der Waals surface area contributed by atoms with E-state index in [-0.39, 0.29) is 24.4 Å². The largest absolute Gasteiger partial charge is 0.358 e. The van der Waals surface area contributed by atoms with Crippen LogP contribution in [0.2, 0.25) is 0 Å². The van der Waals surface area contributed by atoms with Gasteiger partial charge in [-0.25, -0.2) is 13.8 Å². The SMILES string of the molecule is Cc1cccc(-c2[nH]c(NCc3ccccc3F)nc2-c2ccc3c(c2)c(F)cn3C2CCCCO2)n1. The van der Waals surface area contributed by atoms with Gasteiger partial charge < -0.3 is 19.6 Å². The zero-order valence-corrected chi connectivity index (χ0v) is 20.5. The highest BCUT2D eigenvalue weighted by molar-refractivity contribution is 5.89. The molecule has 1 unspecified atom stereocenters. The first-order chi connectivity index (χ1) is 18.1. The van der Waals surface area contributed by atoms with Gasteiger partial charge >= 0.3 is 0 Å². The first kappa shape index (κ1) is 23.4. The Bertz CT molecular complexity index is 1570. The van der Waals surface area contributed by atoms with Gasteiger partial charge in [0.05, 0.1) is 22.6 Å². The Morgan fingerprint density at radius 3 is 2.73 bits per heavy atom. The zero-order valence-electron chi connectivity index (χ0n) is 20.5. The number of imidazole rings is 1. The average Bonchev–Trinajstić information content (AvgIpc) is 3.50. The van der Waals surface area contributed by atoms with Gasteiger partial charge in [-0.15, -0.1) is 0 Å². The van der Waals surface area contributed by atoms with Crippen LogP contribution in [0, 0.1) is 18.6 Å². The number of ether oxygens (including phenoxy) is 1. The number of halogens is 2. The Morgan fingerprint density at radius 1 is 1.03 bits per heavy atom. The third kappa shape index (κ3) is 4.60. The Balaban J connectivity index is 1.40. The molecule has 1 fully saturated rings. The van der Waals surface area contributed by atoms with Crippen LogP contribution in [0.3, 0.4) is 0 Å². The van der Waals surface area contributed by atoms with Crippen molar-refractivity contribution in [1.29, 1.82) is 0 Å². The summed E-state index contributed by atoms with van der Waals surface area (Å²) in [6, 6.07) is 18.1. The lowest BCUT2D eigenvalue weighted by Gasteiger charge is -2.24. The number of nitrogens with one attached hydrogen (secondary N) is 2. The second-order valence-electron chi connectivity index (χ2n) is 9.36. The number of aromatic nitrogens is 4. The molecule has 0 spiro atoms. The summed E-state index contributed by atoms with van der Waals surface area (Å²) in [4.78, 5) is 12.8. The fourth-order valence-electron chi connectivity index (χ4n) is 4.90. The molecule has 2 aromatic carbocycles. The van der Waals surface area contributed by atoms with Crippen LogP contribution in [-0.4, -0.2) is 26.1 Å². The van der Waals surface area contributed by atoms with Gasteiger partial charge in [0.2, 0.25) is 5.95 Å². The molecule has 6 rings (SSSR count). The third-order valence-electron chi connectivity index (χ3n) is 6.78. The van der Waals surface area contributed by atoms with E-state index < -0.39 is 0 Å². The van der Waals surface area contributed by atoms with Crippen molar-refractivity contribution in [2.45, 2.75) is 39.0 Å². The van der Waals surface area contributed by atoms with Gasteiger partial charge in [-0.2, -0.15) is 0 Å². The number of aryl methyl sites for hydroxylation is 1. The van der Waals surface area contributed by atoms with Crippen molar-refractivity contribution in [3.63, 3.8) is 0 Å². The van der Waals surface area contributed by atoms with Gasteiger partial charge in [-0.05, 0) is 56.5 Å². The third-order valence-corrected chi connectivity index (χ3v) is 6.78. The summed E-state index contributed by atoms with van der Waals surface area (Å²) in [6.45, 7) is 2.87. The zero-order chi connectivity index (χ0) is 25.4. The number of fused-ring (bicyclic) bond motifs is 1. The van der Waals surface area contributed by atoms with Crippen LogP contribution < -0.4 is 5.32 Å². The van der Waals surface area contributed by atoms with E-state index in [1.807, 2.05) is 47.9 Å². The van der Waals surface area contributed by atoms with E-state index in [2.05, 4.69) is 15.3 Å². The maximum atomic E-state index is 15.1. The van der Waals surface area contributed by atoms with Gasteiger partial charge in [0, 0.05) is 41.6 Å². The predicted molar refractivity (Wildman–Crippen MR) is 140 cm³/mol. The van der Waals surface area contributed by atoms with Crippen molar-refractivity contribution in [1.82, 2.24) is 19.5 Å².